The van der Waals surface area contributed by atoms with E-state index in [1.54, 1.807) is 16.7 Å². The van der Waals surface area contributed by atoms with Gasteiger partial charge in [-0.2, -0.15) is 0 Å². The minimum atomic E-state index is 0.465. The van der Waals surface area contributed by atoms with Crippen molar-refractivity contribution < 1.29 is 0 Å². The Bertz CT molecular complexity index is 645. The first-order valence-electron chi connectivity index (χ1n) is 8.13. The Labute approximate surface area is 121 Å². The highest BCUT2D eigenvalue weighted by Crippen LogP contribution is 2.76. The van der Waals surface area contributed by atoms with E-state index in [2.05, 4.69) is 43.6 Å². The molecule has 6 rings (SSSR count). The molecule has 2 bridgehead atoms. The second-order valence-corrected chi connectivity index (χ2v) is 7.70. The highest BCUT2D eigenvalue weighted by atomic mass is 15.3. The second-order valence-electron chi connectivity index (χ2n) is 7.70. The molecule has 4 atom stereocenters. The van der Waals surface area contributed by atoms with Gasteiger partial charge in [0.1, 0.15) is 0 Å². The molecule has 4 unspecified atom stereocenters. The van der Waals surface area contributed by atoms with Crippen LogP contribution in [0.15, 0.2) is 30.4 Å². The van der Waals surface area contributed by atoms with Gasteiger partial charge in [0.25, 0.3) is 0 Å². The second kappa shape index (κ2) is 3.22. The Morgan fingerprint density at radius 2 is 2.20 bits per heavy atom. The molecule has 0 N–H and O–H groups in total. The Morgan fingerprint density at radius 1 is 1.35 bits per heavy atom. The molecular weight excluding hydrogens is 242 g/mol. The van der Waals surface area contributed by atoms with Crippen molar-refractivity contribution in [3.05, 3.63) is 47.0 Å². The van der Waals surface area contributed by atoms with Gasteiger partial charge in [-0.25, -0.2) is 0 Å². The molecule has 104 valence electrons. The lowest BCUT2D eigenvalue weighted by molar-refractivity contribution is -0.263. The van der Waals surface area contributed by atoms with Crippen LogP contribution in [-0.2, 0) is 18.3 Å². The zero-order valence-corrected chi connectivity index (χ0v) is 12.6. The van der Waals surface area contributed by atoms with Gasteiger partial charge >= 0.3 is 0 Å². The minimum Gasteiger partial charge on any atom is -0.296 e. The smallest absolute Gasteiger partial charge is 0.0307 e. The van der Waals surface area contributed by atoms with E-state index >= 15 is 0 Å². The summed E-state index contributed by atoms with van der Waals surface area (Å²) in [5.74, 6) is 0.922. The van der Waals surface area contributed by atoms with Crippen LogP contribution in [0.5, 0.6) is 0 Å². The van der Waals surface area contributed by atoms with E-state index in [0.717, 1.165) is 12.0 Å². The summed E-state index contributed by atoms with van der Waals surface area (Å²) >= 11 is 0. The summed E-state index contributed by atoms with van der Waals surface area (Å²) in [5, 5.41) is 0. The molecule has 1 nitrogen and oxygen atoms in total. The van der Waals surface area contributed by atoms with E-state index in [1.807, 2.05) is 0 Å². The third-order valence-electron chi connectivity index (χ3n) is 7.05. The highest BCUT2D eigenvalue weighted by molar-refractivity contribution is 5.56. The Hall–Kier alpha value is -1.08. The summed E-state index contributed by atoms with van der Waals surface area (Å²) in [6.45, 7) is 6.70. The number of likely N-dealkylation sites (tertiary alicyclic amines) is 1. The monoisotopic (exact) mass is 265 g/mol. The number of likely N-dealkylation sites (N-methyl/N-ethyl adjacent to an activating group) is 1. The predicted octanol–water partition coefficient (Wildman–Crippen LogP) is 3.47. The van der Waals surface area contributed by atoms with E-state index in [1.165, 1.54) is 37.7 Å². The van der Waals surface area contributed by atoms with Gasteiger partial charge in [-0.15, -0.1) is 0 Å². The molecule has 0 aromatic heterocycles. The summed E-state index contributed by atoms with van der Waals surface area (Å²) in [4.78, 5) is 2.70. The number of fused-ring (bicyclic) bond motifs is 3. The summed E-state index contributed by atoms with van der Waals surface area (Å²) in [6, 6.07) is 7.84. The van der Waals surface area contributed by atoms with Crippen molar-refractivity contribution in [2.45, 2.75) is 56.0 Å². The molecule has 1 aromatic carbocycles. The zero-order valence-electron chi connectivity index (χ0n) is 12.6. The standard InChI is InChI=1S/C19H23N/c1-4-13-6-5-7-14-8-15-17-18(16(13)14)9-12(2)10-19(17,11-18)20(15)3/h5-7,15,17H,2,4,8-11H2,1,3H3. The van der Waals surface area contributed by atoms with Gasteiger partial charge in [0.2, 0.25) is 0 Å². The van der Waals surface area contributed by atoms with Crippen molar-refractivity contribution >= 4 is 0 Å². The van der Waals surface area contributed by atoms with Crippen molar-refractivity contribution in [3.63, 3.8) is 0 Å². The van der Waals surface area contributed by atoms with Crippen LogP contribution in [0.3, 0.4) is 0 Å². The first-order valence-corrected chi connectivity index (χ1v) is 8.13. The average molecular weight is 265 g/mol. The van der Waals surface area contributed by atoms with Crippen molar-refractivity contribution in [3.8, 4) is 0 Å². The van der Waals surface area contributed by atoms with Crippen LogP contribution in [0.2, 0.25) is 0 Å². The average Bonchev–Trinajstić information content (AvgIpc) is 2.44. The molecule has 0 radical (unpaired) electrons. The molecule has 1 aliphatic heterocycles. The highest BCUT2D eigenvalue weighted by Gasteiger charge is 2.78. The molecule has 2 spiro atoms. The fraction of sp³-hybridized carbons (Fsp3) is 0.579. The van der Waals surface area contributed by atoms with Gasteiger partial charge < -0.3 is 0 Å². The van der Waals surface area contributed by atoms with Crippen LogP contribution in [-0.4, -0.2) is 23.5 Å². The molecule has 0 amide bonds. The van der Waals surface area contributed by atoms with Gasteiger partial charge in [-0.3, -0.25) is 4.90 Å². The lowest BCUT2D eigenvalue weighted by atomic mass is 9.31. The molecular formula is C19H23N. The summed E-state index contributed by atoms with van der Waals surface area (Å²) in [7, 11) is 2.36. The van der Waals surface area contributed by atoms with Gasteiger partial charge in [0, 0.05) is 22.9 Å². The molecule has 3 saturated carbocycles. The summed E-state index contributed by atoms with van der Waals surface area (Å²) < 4.78 is 0. The number of aryl methyl sites for hydroxylation is 1. The number of hydrogen-bond donors (Lipinski definition) is 0. The van der Waals surface area contributed by atoms with E-state index in [0.29, 0.717) is 11.0 Å². The van der Waals surface area contributed by atoms with E-state index in [4.69, 9.17) is 0 Å². The molecule has 4 aliphatic carbocycles. The maximum atomic E-state index is 4.39. The first kappa shape index (κ1) is 11.6. The predicted molar refractivity (Wildman–Crippen MR) is 82.0 cm³/mol. The van der Waals surface area contributed by atoms with Crippen LogP contribution in [0, 0.1) is 5.92 Å². The van der Waals surface area contributed by atoms with Crippen LogP contribution < -0.4 is 0 Å². The van der Waals surface area contributed by atoms with E-state index in [-0.39, 0.29) is 0 Å². The molecule has 5 aliphatic rings. The lowest BCUT2D eigenvalue weighted by Crippen LogP contribution is -2.88. The first-order chi connectivity index (χ1) is 9.62. The normalized spacial score (nSPS) is 44.2. The van der Waals surface area contributed by atoms with Crippen LogP contribution in [0.4, 0.5) is 0 Å². The Balaban J connectivity index is 1.76. The largest absolute Gasteiger partial charge is 0.296 e. The van der Waals surface area contributed by atoms with Gasteiger partial charge in [0.05, 0.1) is 0 Å². The quantitative estimate of drug-likeness (QED) is 0.703. The van der Waals surface area contributed by atoms with Crippen molar-refractivity contribution in [2.24, 2.45) is 5.92 Å². The molecule has 1 aromatic rings. The zero-order chi connectivity index (χ0) is 13.7. The van der Waals surface area contributed by atoms with Crippen LogP contribution in [0.25, 0.3) is 0 Å². The topological polar surface area (TPSA) is 3.24 Å². The Kier molecular flexibility index (Phi) is 1.86. The molecule has 1 heteroatoms. The molecule has 4 fully saturated rings. The molecule has 1 saturated heterocycles. The summed E-state index contributed by atoms with van der Waals surface area (Å²) in [5.41, 5.74) is 7.45. The van der Waals surface area contributed by atoms with Gasteiger partial charge in [-0.1, -0.05) is 37.3 Å². The Morgan fingerprint density at radius 3 is 3.00 bits per heavy atom. The van der Waals surface area contributed by atoms with Crippen molar-refractivity contribution in [1.29, 1.82) is 0 Å². The van der Waals surface area contributed by atoms with Crippen LogP contribution in [0.1, 0.15) is 42.9 Å². The van der Waals surface area contributed by atoms with Crippen molar-refractivity contribution in [2.75, 3.05) is 7.05 Å². The molecule has 20 heavy (non-hydrogen) atoms. The maximum absolute atomic E-state index is 4.39. The number of piperidine rings is 1. The maximum Gasteiger partial charge on any atom is 0.0307 e. The third-order valence-corrected chi connectivity index (χ3v) is 7.05. The fourth-order valence-electron chi connectivity index (χ4n) is 6.67. The molecule has 1 heterocycles. The van der Waals surface area contributed by atoms with E-state index in [9.17, 15) is 0 Å². The van der Waals surface area contributed by atoms with Crippen molar-refractivity contribution in [1.82, 2.24) is 4.90 Å². The number of benzene rings is 1. The summed E-state index contributed by atoms with van der Waals surface area (Å²) in [6.07, 6.45) is 6.36. The van der Waals surface area contributed by atoms with Gasteiger partial charge in [0.15, 0.2) is 0 Å². The minimum absolute atomic E-state index is 0.465. The van der Waals surface area contributed by atoms with Crippen LogP contribution >= 0.6 is 0 Å². The van der Waals surface area contributed by atoms with Gasteiger partial charge in [-0.05, 0) is 55.8 Å². The van der Waals surface area contributed by atoms with E-state index < -0.39 is 0 Å². The number of nitrogens with zero attached hydrogens (tertiary/aromatic N) is 1. The third kappa shape index (κ3) is 0.958. The number of rotatable bonds is 1. The number of hydrogen-bond acceptors (Lipinski definition) is 1. The SMILES string of the molecule is C=C1CC23CC4(C1)C2C(Cc1cccc(CC)c13)N4C. The fourth-order valence-corrected chi connectivity index (χ4v) is 6.67. The lowest BCUT2D eigenvalue weighted by Gasteiger charge is -2.83.